The van der Waals surface area contributed by atoms with Crippen molar-refractivity contribution in [3.63, 3.8) is 0 Å². The summed E-state index contributed by atoms with van der Waals surface area (Å²) in [6.45, 7) is 0. The van der Waals surface area contributed by atoms with Crippen molar-refractivity contribution in [2.75, 3.05) is 0 Å². The van der Waals surface area contributed by atoms with E-state index in [9.17, 15) is 24.3 Å². The summed E-state index contributed by atoms with van der Waals surface area (Å²) >= 11 is -3.28. The van der Waals surface area contributed by atoms with Crippen molar-refractivity contribution < 1.29 is 87.0 Å². The molecule has 0 aromatic carbocycles. The first-order chi connectivity index (χ1) is 6.00. The summed E-state index contributed by atoms with van der Waals surface area (Å²) in [5.74, 6) is -6.45. The Morgan fingerprint density at radius 2 is 1.64 bits per heavy atom. The number of hydrogen-bond acceptors (Lipinski definition) is 8. The number of hydrogen-bond donors (Lipinski definition) is 0. The molecule has 0 aromatic rings. The second-order valence-electron chi connectivity index (χ2n) is 1.79. The van der Waals surface area contributed by atoms with Crippen LogP contribution in [0.25, 0.3) is 0 Å². The van der Waals surface area contributed by atoms with Crippen LogP contribution >= 0.6 is 0 Å². The molecule has 0 aromatic heterocycles. The van der Waals surface area contributed by atoms with Gasteiger partial charge in [0.1, 0.15) is 5.97 Å². The first kappa shape index (κ1) is 14.0. The van der Waals surface area contributed by atoms with Gasteiger partial charge in [0.2, 0.25) is 0 Å². The quantitative estimate of drug-likeness (QED) is 0.329. The topological polar surface area (TPSA) is 119 Å². The monoisotopic (exact) mass is 242 g/mol. The van der Waals surface area contributed by atoms with Gasteiger partial charge in [-0.1, -0.05) is 0 Å². The first-order valence-corrected chi connectivity index (χ1v) is 4.25. The second-order valence-corrected chi connectivity index (χ2v) is 3.08. The Bertz CT molecular complexity index is 284. The molecule has 1 aliphatic heterocycles. The number of carboxylic acid groups (broad SMARTS) is 1. The first-order valence-electron chi connectivity index (χ1n) is 2.84. The molecule has 10 heteroatoms. The average molecular weight is 242 g/mol. The van der Waals surface area contributed by atoms with Crippen molar-refractivity contribution in [2.45, 2.75) is 0 Å². The molecule has 0 aliphatic carbocycles. The normalized spacial score (nSPS) is 13.9. The van der Waals surface area contributed by atoms with Crippen molar-refractivity contribution in [1.29, 1.82) is 0 Å². The number of aliphatic carboxylic acids is 1. The Hall–Kier alpha value is 0.0488. The Balaban J connectivity index is 0.00000169. The van der Waals surface area contributed by atoms with E-state index in [0.717, 1.165) is 0 Å². The Morgan fingerprint density at radius 1 is 1.21 bits per heavy atom. The van der Waals surface area contributed by atoms with Gasteiger partial charge in [-0.3, -0.25) is 0 Å². The maximum absolute atomic E-state index is 10.3. The SMILES string of the molecule is O=C([O-])C(=O)[O][Al]1[O]C(=O)C(=O)[O]1.[K+]. The second kappa shape index (κ2) is 5.82. The number of carboxylic acids is 1. The molecule has 1 aliphatic rings. The van der Waals surface area contributed by atoms with Crippen LogP contribution < -0.4 is 56.5 Å². The van der Waals surface area contributed by atoms with E-state index in [1.807, 2.05) is 0 Å². The molecule has 0 amide bonds. The summed E-state index contributed by atoms with van der Waals surface area (Å²) in [6, 6.07) is 0. The van der Waals surface area contributed by atoms with Gasteiger partial charge in [0.15, 0.2) is 0 Å². The van der Waals surface area contributed by atoms with Gasteiger partial charge in [0, 0.05) is 0 Å². The summed E-state index contributed by atoms with van der Waals surface area (Å²) in [5, 5.41) is 9.81. The van der Waals surface area contributed by atoms with E-state index >= 15 is 0 Å². The molecule has 0 radical (unpaired) electrons. The van der Waals surface area contributed by atoms with E-state index in [0.29, 0.717) is 0 Å². The van der Waals surface area contributed by atoms with Crippen LogP contribution in [0.2, 0.25) is 0 Å². The minimum atomic E-state index is -3.28. The van der Waals surface area contributed by atoms with Gasteiger partial charge >= 0.3 is 84.4 Å². The van der Waals surface area contributed by atoms with E-state index < -0.39 is 39.0 Å². The molecule has 0 N–H and O–H groups in total. The fourth-order valence-electron chi connectivity index (χ4n) is 0.479. The van der Waals surface area contributed by atoms with E-state index in [1.165, 1.54) is 0 Å². The minimum absolute atomic E-state index is 0. The molecule has 0 spiro atoms. The number of carbonyl (C=O) groups excluding carboxylic acids is 4. The van der Waals surface area contributed by atoms with E-state index in [-0.39, 0.29) is 51.4 Å². The Labute approximate surface area is 124 Å². The molecule has 68 valence electrons. The van der Waals surface area contributed by atoms with Crippen LogP contribution in [0.5, 0.6) is 0 Å². The molecule has 0 saturated carbocycles. The third kappa shape index (κ3) is 3.66. The molecular weight excluding hydrogens is 242 g/mol. The average Bonchev–Trinajstić information content (AvgIpc) is 2.31. The molecule has 0 unspecified atom stereocenters. The predicted octanol–water partition coefficient (Wildman–Crippen LogP) is -6.63. The van der Waals surface area contributed by atoms with Gasteiger partial charge in [0.25, 0.3) is 0 Å². The third-order valence-corrected chi connectivity index (χ3v) is 2.16. The van der Waals surface area contributed by atoms with Crippen LogP contribution in [-0.2, 0) is 30.5 Å². The van der Waals surface area contributed by atoms with Gasteiger partial charge in [-0.2, -0.15) is 0 Å². The standard InChI is InChI=1S/2C2H2O4.Al.K/c2*3-1(4)2(5)6;;/h2*(H,3,4)(H,5,6);;/q;;+3;+1/p-4. The third-order valence-electron chi connectivity index (χ3n) is 0.943. The van der Waals surface area contributed by atoms with Crippen molar-refractivity contribution in [3.05, 3.63) is 0 Å². The minimum Gasteiger partial charge on any atom is -0.546 e. The number of rotatable bonds is 1. The molecule has 0 atom stereocenters. The predicted molar refractivity (Wildman–Crippen MR) is 29.0 cm³/mol. The maximum atomic E-state index is 10.3. The van der Waals surface area contributed by atoms with Gasteiger partial charge < -0.3 is 21.3 Å². The summed E-state index contributed by atoms with van der Waals surface area (Å²) in [6.07, 6.45) is 0. The maximum Gasteiger partial charge on any atom is 1.20 e. The Kier molecular flexibility index (Phi) is 5.84. The van der Waals surface area contributed by atoms with Crippen LogP contribution in [0.1, 0.15) is 0 Å². The van der Waals surface area contributed by atoms with E-state index in [2.05, 4.69) is 11.4 Å². The molecule has 1 heterocycles. The zero-order valence-corrected chi connectivity index (χ0v) is 11.1. The van der Waals surface area contributed by atoms with Crippen molar-refractivity contribution >= 4 is 39.0 Å². The number of carbonyl (C=O) groups is 4. The zero-order chi connectivity index (χ0) is 10.0. The van der Waals surface area contributed by atoms with E-state index in [1.54, 1.807) is 0 Å². The molecular formula is C4AlKO8. The molecule has 1 rings (SSSR count). The molecule has 14 heavy (non-hydrogen) atoms. The molecule has 8 nitrogen and oxygen atoms in total. The van der Waals surface area contributed by atoms with Crippen LogP contribution in [0.4, 0.5) is 0 Å². The fourth-order valence-corrected chi connectivity index (χ4v) is 1.44. The molecule has 0 bridgehead atoms. The summed E-state index contributed by atoms with van der Waals surface area (Å²) in [7, 11) is 0. The van der Waals surface area contributed by atoms with Gasteiger partial charge in [0.05, 0.1) is 0 Å². The van der Waals surface area contributed by atoms with Crippen LogP contribution in [-0.4, -0.2) is 39.0 Å². The summed E-state index contributed by atoms with van der Waals surface area (Å²) < 4.78 is 12.1. The van der Waals surface area contributed by atoms with Crippen LogP contribution in [0.3, 0.4) is 0 Å². The summed E-state index contributed by atoms with van der Waals surface area (Å²) in [4.78, 5) is 40.7. The fraction of sp³-hybridized carbons (Fsp3) is 0. The van der Waals surface area contributed by atoms with Crippen LogP contribution in [0.15, 0.2) is 0 Å². The van der Waals surface area contributed by atoms with Crippen molar-refractivity contribution in [1.82, 2.24) is 0 Å². The molecule has 1 fully saturated rings. The molecule has 1 saturated heterocycles. The zero-order valence-electron chi connectivity index (χ0n) is 6.84. The van der Waals surface area contributed by atoms with E-state index in [4.69, 9.17) is 0 Å². The van der Waals surface area contributed by atoms with Crippen LogP contribution in [0, 0.1) is 0 Å². The largest absolute Gasteiger partial charge is 1.20 e. The van der Waals surface area contributed by atoms with Gasteiger partial charge in [-0.25, -0.2) is 14.4 Å². The Morgan fingerprint density at radius 3 is 2.00 bits per heavy atom. The van der Waals surface area contributed by atoms with Crippen molar-refractivity contribution in [3.8, 4) is 0 Å². The van der Waals surface area contributed by atoms with Gasteiger partial charge in [-0.05, 0) is 0 Å². The smallest absolute Gasteiger partial charge is 0.546 e. The summed E-state index contributed by atoms with van der Waals surface area (Å²) in [5.41, 5.74) is 0. The van der Waals surface area contributed by atoms with Crippen molar-refractivity contribution in [2.24, 2.45) is 0 Å². The van der Waals surface area contributed by atoms with Gasteiger partial charge in [-0.15, -0.1) is 0 Å².